The van der Waals surface area contributed by atoms with Crippen LogP contribution in [-0.4, -0.2) is 45.7 Å². The van der Waals surface area contributed by atoms with Crippen LogP contribution < -0.4 is 9.64 Å². The number of hydrogen-bond acceptors (Lipinski definition) is 5. The SMILES string of the molecule is COCCOCOc1ccc(C(C)(C)C)cc1N1C=CC(C(F)(F)F)=NC1. The first-order valence-corrected chi connectivity index (χ1v) is 8.53. The van der Waals surface area contributed by atoms with Crippen molar-refractivity contribution in [3.05, 3.63) is 36.0 Å². The van der Waals surface area contributed by atoms with E-state index in [1.807, 2.05) is 12.1 Å². The summed E-state index contributed by atoms with van der Waals surface area (Å²) in [6, 6.07) is 5.64. The molecule has 2 rings (SSSR count). The van der Waals surface area contributed by atoms with Crippen LogP contribution in [0.5, 0.6) is 5.75 Å². The number of allylic oxidation sites excluding steroid dienone is 1. The summed E-state index contributed by atoms with van der Waals surface area (Å²) in [5.41, 5.74) is 0.654. The van der Waals surface area contributed by atoms with Gasteiger partial charge in [0, 0.05) is 13.3 Å². The summed E-state index contributed by atoms with van der Waals surface area (Å²) in [6.45, 7) is 6.89. The van der Waals surface area contributed by atoms with Gasteiger partial charge in [-0.15, -0.1) is 0 Å². The van der Waals surface area contributed by atoms with Crippen LogP contribution in [0, 0.1) is 0 Å². The van der Waals surface area contributed by atoms with E-state index in [2.05, 4.69) is 25.8 Å². The maximum atomic E-state index is 12.8. The minimum atomic E-state index is -4.45. The Morgan fingerprint density at radius 2 is 1.89 bits per heavy atom. The fraction of sp³-hybridized carbons (Fsp3) is 0.526. The van der Waals surface area contributed by atoms with E-state index in [1.54, 1.807) is 18.1 Å². The van der Waals surface area contributed by atoms with E-state index >= 15 is 0 Å². The maximum absolute atomic E-state index is 12.8. The molecule has 0 aliphatic carbocycles. The molecule has 1 aliphatic rings. The highest BCUT2D eigenvalue weighted by Crippen LogP contribution is 2.35. The third-order valence-corrected chi connectivity index (χ3v) is 3.96. The average Bonchev–Trinajstić information content (AvgIpc) is 2.60. The molecular formula is C19H25F3N2O3. The van der Waals surface area contributed by atoms with Gasteiger partial charge in [0.25, 0.3) is 0 Å². The Bertz CT molecular complexity index is 694. The Kier molecular flexibility index (Phi) is 6.89. The van der Waals surface area contributed by atoms with E-state index < -0.39 is 11.9 Å². The molecule has 0 fully saturated rings. The molecule has 0 radical (unpaired) electrons. The van der Waals surface area contributed by atoms with Gasteiger partial charge in [-0.05, 0) is 29.2 Å². The van der Waals surface area contributed by atoms with Crippen molar-refractivity contribution in [3.8, 4) is 5.75 Å². The van der Waals surface area contributed by atoms with Gasteiger partial charge in [-0.1, -0.05) is 26.8 Å². The van der Waals surface area contributed by atoms with Crippen LogP contribution in [-0.2, 0) is 14.9 Å². The molecule has 0 unspecified atom stereocenters. The smallest absolute Gasteiger partial charge is 0.433 e. The summed E-state index contributed by atoms with van der Waals surface area (Å²) in [4.78, 5) is 5.26. The van der Waals surface area contributed by atoms with Gasteiger partial charge in [-0.25, -0.2) is 0 Å². The Morgan fingerprint density at radius 1 is 1.15 bits per heavy atom. The number of benzene rings is 1. The van der Waals surface area contributed by atoms with Crippen molar-refractivity contribution in [1.82, 2.24) is 0 Å². The van der Waals surface area contributed by atoms with Crippen molar-refractivity contribution >= 4 is 11.4 Å². The molecule has 5 nitrogen and oxygen atoms in total. The average molecular weight is 386 g/mol. The lowest BCUT2D eigenvalue weighted by molar-refractivity contribution is -0.0579. The van der Waals surface area contributed by atoms with Gasteiger partial charge in [0.05, 0.1) is 18.9 Å². The van der Waals surface area contributed by atoms with Gasteiger partial charge in [0.1, 0.15) is 18.1 Å². The van der Waals surface area contributed by atoms with Crippen LogP contribution in [0.1, 0.15) is 26.3 Å². The number of aliphatic imine (C=N–C) groups is 1. The van der Waals surface area contributed by atoms with Crippen LogP contribution >= 0.6 is 0 Å². The van der Waals surface area contributed by atoms with Crippen molar-refractivity contribution in [2.24, 2.45) is 4.99 Å². The number of rotatable bonds is 7. The lowest BCUT2D eigenvalue weighted by Gasteiger charge is -2.27. The molecule has 1 aromatic carbocycles. The number of nitrogens with zero attached hydrogens (tertiary/aromatic N) is 2. The second kappa shape index (κ2) is 8.75. The van der Waals surface area contributed by atoms with Crippen LogP contribution in [0.4, 0.5) is 18.9 Å². The molecule has 8 heteroatoms. The molecule has 1 aromatic rings. The molecule has 0 aromatic heterocycles. The molecular weight excluding hydrogens is 361 g/mol. The van der Waals surface area contributed by atoms with Gasteiger partial charge < -0.3 is 19.1 Å². The summed E-state index contributed by atoms with van der Waals surface area (Å²) in [7, 11) is 1.58. The second-order valence-corrected chi connectivity index (χ2v) is 7.06. The van der Waals surface area contributed by atoms with Gasteiger partial charge in [0.15, 0.2) is 6.79 Å². The maximum Gasteiger partial charge on any atom is 0.433 e. The molecule has 0 atom stereocenters. The van der Waals surface area contributed by atoms with Gasteiger partial charge >= 0.3 is 6.18 Å². The molecule has 0 bridgehead atoms. The zero-order chi connectivity index (χ0) is 20.1. The predicted molar refractivity (Wildman–Crippen MR) is 98.4 cm³/mol. The van der Waals surface area contributed by atoms with Gasteiger partial charge in [-0.2, -0.15) is 13.2 Å². The van der Waals surface area contributed by atoms with Crippen molar-refractivity contribution in [1.29, 1.82) is 0 Å². The number of halogens is 3. The number of hydrogen-bond donors (Lipinski definition) is 0. The zero-order valence-electron chi connectivity index (χ0n) is 16.0. The van der Waals surface area contributed by atoms with Gasteiger partial charge in [-0.3, -0.25) is 4.99 Å². The van der Waals surface area contributed by atoms with Crippen LogP contribution in [0.3, 0.4) is 0 Å². The van der Waals surface area contributed by atoms with Crippen molar-refractivity contribution in [2.45, 2.75) is 32.4 Å². The summed E-state index contributed by atoms with van der Waals surface area (Å²) >= 11 is 0. The first-order valence-electron chi connectivity index (χ1n) is 8.53. The first kappa shape index (κ1) is 21.2. The number of methoxy groups -OCH3 is 1. The molecule has 1 aliphatic heterocycles. The molecule has 1 heterocycles. The molecule has 150 valence electrons. The van der Waals surface area contributed by atoms with Crippen LogP contribution in [0.25, 0.3) is 0 Å². The number of anilines is 1. The fourth-order valence-corrected chi connectivity index (χ4v) is 2.39. The largest absolute Gasteiger partial charge is 0.465 e. The first-order chi connectivity index (χ1) is 12.6. The zero-order valence-corrected chi connectivity index (χ0v) is 16.0. The molecule has 0 spiro atoms. The Hall–Kier alpha value is -2.06. The Morgan fingerprint density at radius 3 is 2.44 bits per heavy atom. The third kappa shape index (κ3) is 5.97. The molecule has 0 amide bonds. The fourth-order valence-electron chi connectivity index (χ4n) is 2.39. The van der Waals surface area contributed by atoms with Crippen molar-refractivity contribution in [3.63, 3.8) is 0 Å². The Labute approximate surface area is 157 Å². The summed E-state index contributed by atoms with van der Waals surface area (Å²) in [6.07, 6.45) is -2.12. The van der Waals surface area contributed by atoms with E-state index in [0.29, 0.717) is 24.7 Å². The summed E-state index contributed by atoms with van der Waals surface area (Å²) < 4.78 is 54.3. The summed E-state index contributed by atoms with van der Waals surface area (Å²) in [5, 5.41) is 0. The highest BCUT2D eigenvalue weighted by molar-refractivity contribution is 6.00. The van der Waals surface area contributed by atoms with E-state index in [4.69, 9.17) is 14.2 Å². The summed E-state index contributed by atoms with van der Waals surface area (Å²) in [5.74, 6) is 0.510. The lowest BCUT2D eigenvalue weighted by atomic mass is 9.86. The topological polar surface area (TPSA) is 43.3 Å². The minimum absolute atomic E-state index is 0.0137. The van der Waals surface area contributed by atoms with Crippen LogP contribution in [0.2, 0.25) is 0 Å². The molecule has 0 saturated heterocycles. The van der Waals surface area contributed by atoms with Gasteiger partial charge in [0.2, 0.25) is 0 Å². The second-order valence-electron chi connectivity index (χ2n) is 7.06. The number of ether oxygens (including phenoxy) is 3. The standard InChI is InChI=1S/C19H25F3N2O3/c1-18(2,3)14-5-6-16(27-13-26-10-9-25-4)15(11-14)24-8-7-17(23-12-24)19(20,21)22/h5-8,11H,9-10,12-13H2,1-4H3. The van der Waals surface area contributed by atoms with Crippen molar-refractivity contribution < 1.29 is 27.4 Å². The normalized spacial score (nSPS) is 15.1. The van der Waals surface area contributed by atoms with Crippen molar-refractivity contribution in [2.75, 3.05) is 38.7 Å². The Balaban J connectivity index is 2.21. The van der Waals surface area contributed by atoms with E-state index in [0.717, 1.165) is 11.6 Å². The highest BCUT2D eigenvalue weighted by Gasteiger charge is 2.35. The third-order valence-electron chi connectivity index (χ3n) is 3.96. The van der Waals surface area contributed by atoms with E-state index in [-0.39, 0.29) is 18.9 Å². The monoisotopic (exact) mass is 386 g/mol. The van der Waals surface area contributed by atoms with E-state index in [9.17, 15) is 13.2 Å². The number of alkyl halides is 3. The molecule has 0 saturated carbocycles. The highest BCUT2D eigenvalue weighted by atomic mass is 19.4. The lowest BCUT2D eigenvalue weighted by Crippen LogP contribution is -2.29. The minimum Gasteiger partial charge on any atom is -0.465 e. The molecule has 0 N–H and O–H groups in total. The molecule has 27 heavy (non-hydrogen) atoms. The van der Waals surface area contributed by atoms with Crippen LogP contribution in [0.15, 0.2) is 35.5 Å². The predicted octanol–water partition coefficient (Wildman–Crippen LogP) is 4.28. The van der Waals surface area contributed by atoms with E-state index in [1.165, 1.54) is 6.20 Å². The quantitative estimate of drug-likeness (QED) is 0.518.